The van der Waals surface area contributed by atoms with E-state index in [0.29, 0.717) is 19.0 Å². The quantitative estimate of drug-likeness (QED) is 0.481. The van der Waals surface area contributed by atoms with Crippen LogP contribution in [-0.2, 0) is 21.2 Å². The smallest absolute Gasteiger partial charge is 0.271 e. The van der Waals surface area contributed by atoms with Crippen LogP contribution < -0.4 is 4.31 Å². The first kappa shape index (κ1) is 22.7. The summed E-state index contributed by atoms with van der Waals surface area (Å²) in [5.41, 5.74) is 1.15. The lowest BCUT2D eigenvalue weighted by molar-refractivity contribution is -0.384. The Kier molecular flexibility index (Phi) is 6.94. The zero-order chi connectivity index (χ0) is 22.6. The molecule has 3 rings (SSSR count). The zero-order valence-electron chi connectivity index (χ0n) is 17.7. The van der Waals surface area contributed by atoms with Gasteiger partial charge in [-0.2, -0.15) is 0 Å². The van der Waals surface area contributed by atoms with Crippen molar-refractivity contribution in [3.8, 4) is 0 Å². The second kappa shape index (κ2) is 9.47. The van der Waals surface area contributed by atoms with Gasteiger partial charge in [0.15, 0.2) is 0 Å². The number of rotatable bonds is 7. The highest BCUT2D eigenvalue weighted by Crippen LogP contribution is 2.27. The summed E-state index contributed by atoms with van der Waals surface area (Å²) >= 11 is 0. The average molecular weight is 446 g/mol. The van der Waals surface area contributed by atoms with E-state index in [4.69, 9.17) is 0 Å². The molecular formula is C22H27N3O5S. The van der Waals surface area contributed by atoms with Gasteiger partial charge in [0, 0.05) is 25.2 Å². The van der Waals surface area contributed by atoms with E-state index in [0.717, 1.165) is 29.8 Å². The molecule has 0 aromatic heterocycles. The van der Waals surface area contributed by atoms with Crippen molar-refractivity contribution < 1.29 is 18.1 Å². The third-order valence-electron chi connectivity index (χ3n) is 5.65. The molecule has 166 valence electrons. The fraction of sp³-hybridized carbons (Fsp3) is 0.409. The zero-order valence-corrected chi connectivity index (χ0v) is 18.5. The van der Waals surface area contributed by atoms with E-state index in [1.807, 2.05) is 18.2 Å². The fourth-order valence-corrected chi connectivity index (χ4v) is 5.28. The minimum absolute atomic E-state index is 0.108. The Morgan fingerprint density at radius 1 is 1.16 bits per heavy atom. The minimum Gasteiger partial charge on any atom is -0.341 e. The number of sulfonamides is 1. The highest BCUT2D eigenvalue weighted by Gasteiger charge is 2.34. The number of amides is 1. The summed E-state index contributed by atoms with van der Waals surface area (Å²) in [7, 11) is -3.83. The highest BCUT2D eigenvalue weighted by molar-refractivity contribution is 7.92. The molecule has 1 fully saturated rings. The van der Waals surface area contributed by atoms with Crippen LogP contribution in [0, 0.1) is 16.0 Å². The van der Waals surface area contributed by atoms with Crippen molar-refractivity contribution in [2.45, 2.75) is 32.2 Å². The van der Waals surface area contributed by atoms with Gasteiger partial charge in [-0.1, -0.05) is 36.4 Å². The van der Waals surface area contributed by atoms with Crippen LogP contribution in [0.3, 0.4) is 0 Å². The molecule has 0 spiro atoms. The number of anilines is 1. The van der Waals surface area contributed by atoms with E-state index in [1.165, 1.54) is 36.8 Å². The van der Waals surface area contributed by atoms with Crippen LogP contribution in [0.25, 0.3) is 0 Å². The number of non-ortho nitro benzene ring substituents is 1. The van der Waals surface area contributed by atoms with Gasteiger partial charge < -0.3 is 4.90 Å². The number of hydrogen-bond donors (Lipinski definition) is 0. The molecule has 1 atom stereocenters. The molecule has 1 aliphatic rings. The van der Waals surface area contributed by atoms with E-state index in [9.17, 15) is 23.3 Å². The Labute approximate surface area is 182 Å². The molecule has 0 radical (unpaired) electrons. The number of carbonyl (C=O) groups is 1. The predicted molar refractivity (Wildman–Crippen MR) is 119 cm³/mol. The van der Waals surface area contributed by atoms with Crippen molar-refractivity contribution in [2.24, 2.45) is 5.92 Å². The van der Waals surface area contributed by atoms with Crippen LogP contribution in [0.15, 0.2) is 54.6 Å². The van der Waals surface area contributed by atoms with Gasteiger partial charge in [-0.05, 0) is 43.7 Å². The Morgan fingerprint density at radius 3 is 2.39 bits per heavy atom. The van der Waals surface area contributed by atoms with Crippen LogP contribution in [0.2, 0.25) is 0 Å². The Hall–Kier alpha value is -2.94. The number of hydrogen-bond acceptors (Lipinski definition) is 5. The topological polar surface area (TPSA) is 101 Å². The maximum absolute atomic E-state index is 13.1. The van der Waals surface area contributed by atoms with Crippen molar-refractivity contribution in [1.82, 2.24) is 4.90 Å². The number of nitrogens with zero attached hydrogens (tertiary/aromatic N) is 3. The van der Waals surface area contributed by atoms with Crippen molar-refractivity contribution in [1.29, 1.82) is 0 Å². The second-order valence-electron chi connectivity index (χ2n) is 7.97. The molecular weight excluding hydrogens is 418 g/mol. The normalized spacial score (nSPS) is 16.0. The molecule has 2 aromatic rings. The summed E-state index contributed by atoms with van der Waals surface area (Å²) in [4.78, 5) is 25.3. The molecule has 0 unspecified atom stereocenters. The van der Waals surface area contributed by atoms with Crippen LogP contribution >= 0.6 is 0 Å². The van der Waals surface area contributed by atoms with Crippen molar-refractivity contribution in [2.75, 3.05) is 23.7 Å². The fourth-order valence-electron chi connectivity index (χ4n) is 4.12. The summed E-state index contributed by atoms with van der Waals surface area (Å²) in [6.45, 7) is 2.65. The largest absolute Gasteiger partial charge is 0.341 e. The van der Waals surface area contributed by atoms with Gasteiger partial charge in [-0.25, -0.2) is 8.42 Å². The molecule has 1 heterocycles. The third-order valence-corrected chi connectivity index (χ3v) is 6.90. The summed E-state index contributed by atoms with van der Waals surface area (Å²) < 4.78 is 25.9. The van der Waals surface area contributed by atoms with Gasteiger partial charge in [0.25, 0.3) is 5.69 Å². The van der Waals surface area contributed by atoms with Crippen molar-refractivity contribution >= 4 is 27.3 Å². The summed E-state index contributed by atoms with van der Waals surface area (Å²) in [5.74, 6) is 0.180. The van der Waals surface area contributed by atoms with E-state index < -0.39 is 21.0 Å². The first-order valence-corrected chi connectivity index (χ1v) is 12.1. The molecule has 0 bridgehead atoms. The summed E-state index contributed by atoms with van der Waals surface area (Å²) in [6, 6.07) is 14.6. The molecule has 2 aromatic carbocycles. The molecule has 1 saturated heterocycles. The monoisotopic (exact) mass is 445 g/mol. The van der Waals surface area contributed by atoms with Crippen molar-refractivity contribution in [3.63, 3.8) is 0 Å². The van der Waals surface area contributed by atoms with E-state index in [1.54, 1.807) is 4.90 Å². The summed E-state index contributed by atoms with van der Waals surface area (Å²) in [5, 5.41) is 11.1. The minimum atomic E-state index is -3.83. The van der Waals surface area contributed by atoms with Crippen LogP contribution in [-0.4, -0.2) is 49.5 Å². The third kappa shape index (κ3) is 5.61. The molecule has 9 heteroatoms. The SMILES string of the molecule is C[C@H](C(=O)N1CCC(Cc2ccccc2)CC1)N(c1cccc([N+](=O)[O-])c1)S(C)(=O)=O. The van der Waals surface area contributed by atoms with E-state index >= 15 is 0 Å². The second-order valence-corrected chi connectivity index (χ2v) is 9.83. The van der Waals surface area contributed by atoms with Crippen LogP contribution in [0.5, 0.6) is 0 Å². The van der Waals surface area contributed by atoms with Crippen LogP contribution in [0.4, 0.5) is 11.4 Å². The molecule has 0 saturated carbocycles. The molecule has 0 N–H and O–H groups in total. The number of benzene rings is 2. The standard InChI is InChI=1S/C22H27N3O5S/c1-17(24(31(2,29)30)20-9-6-10-21(16-20)25(27)28)22(26)23-13-11-19(12-14-23)15-18-7-4-3-5-8-18/h3-10,16-17,19H,11-15H2,1-2H3/t17-/m1/s1. The van der Waals surface area contributed by atoms with Crippen molar-refractivity contribution in [3.05, 3.63) is 70.3 Å². The summed E-state index contributed by atoms with van der Waals surface area (Å²) in [6.07, 6.45) is 3.66. The van der Waals surface area contributed by atoms with Gasteiger partial charge >= 0.3 is 0 Å². The molecule has 8 nitrogen and oxygen atoms in total. The highest BCUT2D eigenvalue weighted by atomic mass is 32.2. The molecule has 1 aliphatic heterocycles. The number of piperidine rings is 1. The van der Waals surface area contributed by atoms with Gasteiger partial charge in [0.05, 0.1) is 16.9 Å². The van der Waals surface area contributed by atoms with Gasteiger partial charge in [0.1, 0.15) is 6.04 Å². The number of likely N-dealkylation sites (tertiary alicyclic amines) is 1. The maximum Gasteiger partial charge on any atom is 0.271 e. The maximum atomic E-state index is 13.1. The molecule has 1 amide bonds. The average Bonchev–Trinajstić information content (AvgIpc) is 2.74. The number of carbonyl (C=O) groups excluding carboxylic acids is 1. The molecule has 0 aliphatic carbocycles. The first-order valence-electron chi connectivity index (χ1n) is 10.2. The van der Waals surface area contributed by atoms with E-state index in [2.05, 4.69) is 12.1 Å². The lowest BCUT2D eigenvalue weighted by Crippen LogP contribution is -2.51. The molecule has 31 heavy (non-hydrogen) atoms. The van der Waals surface area contributed by atoms with Gasteiger partial charge in [-0.3, -0.25) is 19.2 Å². The van der Waals surface area contributed by atoms with Gasteiger partial charge in [0.2, 0.25) is 15.9 Å². The number of nitro benzene ring substituents is 1. The van der Waals surface area contributed by atoms with Crippen LogP contribution in [0.1, 0.15) is 25.3 Å². The predicted octanol–water partition coefficient (Wildman–Crippen LogP) is 3.23. The Bertz CT molecular complexity index is 1030. The lowest BCUT2D eigenvalue weighted by atomic mass is 9.90. The first-order chi connectivity index (χ1) is 14.7. The lowest BCUT2D eigenvalue weighted by Gasteiger charge is -2.36. The Morgan fingerprint density at radius 2 is 1.81 bits per heavy atom. The number of nitro groups is 1. The van der Waals surface area contributed by atoms with Gasteiger partial charge in [-0.15, -0.1) is 0 Å². The van der Waals surface area contributed by atoms with E-state index in [-0.39, 0.29) is 17.3 Å². The Balaban J connectivity index is 1.71.